The zero-order valence-electron chi connectivity index (χ0n) is 21.8. The Balaban J connectivity index is 1.39. The lowest BCUT2D eigenvalue weighted by atomic mass is 10.1. The first kappa shape index (κ1) is 26.8. The Labute approximate surface area is 234 Å². The van der Waals surface area contributed by atoms with E-state index in [0.717, 1.165) is 35.5 Å². The van der Waals surface area contributed by atoms with Gasteiger partial charge in [0.25, 0.3) is 5.56 Å². The van der Waals surface area contributed by atoms with E-state index in [1.54, 1.807) is 22.8 Å². The minimum atomic E-state index is -0.333. The van der Waals surface area contributed by atoms with Gasteiger partial charge in [-0.1, -0.05) is 60.3 Å². The predicted molar refractivity (Wildman–Crippen MR) is 159 cm³/mol. The average Bonchev–Trinajstić information content (AvgIpc) is 3.49. The van der Waals surface area contributed by atoms with Gasteiger partial charge in [0.2, 0.25) is 0 Å². The van der Waals surface area contributed by atoms with Crippen molar-refractivity contribution in [1.82, 2.24) is 14.1 Å². The van der Waals surface area contributed by atoms with E-state index in [-0.39, 0.29) is 29.5 Å². The molecule has 0 amide bonds. The molecule has 0 saturated heterocycles. The van der Waals surface area contributed by atoms with Crippen molar-refractivity contribution in [2.24, 2.45) is 0 Å². The third-order valence-electron chi connectivity index (χ3n) is 6.80. The number of ketones is 1. The molecule has 0 fully saturated rings. The number of hydrogen-bond donors (Lipinski definition) is 0. The van der Waals surface area contributed by atoms with Crippen molar-refractivity contribution < 1.29 is 9.18 Å². The zero-order chi connectivity index (χ0) is 27.5. The largest absolute Gasteiger partial charge is 0.348 e. The highest BCUT2D eigenvalue weighted by atomic mass is 32.2. The molecule has 5 rings (SSSR count). The fourth-order valence-corrected chi connectivity index (χ4v) is 6.65. The molecule has 0 aliphatic carbocycles. The van der Waals surface area contributed by atoms with Crippen LogP contribution in [0.5, 0.6) is 0 Å². The summed E-state index contributed by atoms with van der Waals surface area (Å²) in [5.74, 6) is -0.175. The van der Waals surface area contributed by atoms with Crippen molar-refractivity contribution in [3.8, 4) is 11.1 Å². The van der Waals surface area contributed by atoms with E-state index >= 15 is 0 Å². The number of thiophene rings is 1. The molecule has 5 aromatic rings. The number of hydrogen-bond acceptors (Lipinski definition) is 5. The highest BCUT2D eigenvalue weighted by Gasteiger charge is 2.20. The number of aryl methyl sites for hydroxylation is 2. The zero-order valence-corrected chi connectivity index (χ0v) is 23.4. The highest BCUT2D eigenvalue weighted by Crippen LogP contribution is 2.32. The van der Waals surface area contributed by atoms with E-state index in [4.69, 9.17) is 4.98 Å². The first-order valence-corrected chi connectivity index (χ1v) is 14.5. The summed E-state index contributed by atoms with van der Waals surface area (Å²) in [4.78, 5) is 32.2. The molecule has 3 heterocycles. The Hall–Kier alpha value is -3.75. The van der Waals surface area contributed by atoms with Crippen LogP contribution >= 0.6 is 23.1 Å². The van der Waals surface area contributed by atoms with Crippen molar-refractivity contribution >= 4 is 39.1 Å². The van der Waals surface area contributed by atoms with Crippen molar-refractivity contribution in [2.75, 3.05) is 5.75 Å². The molecule has 0 radical (unpaired) electrons. The van der Waals surface area contributed by atoms with Crippen LogP contribution < -0.4 is 5.56 Å². The van der Waals surface area contributed by atoms with E-state index in [0.29, 0.717) is 20.9 Å². The Bertz CT molecular complexity index is 1720. The Morgan fingerprint density at radius 3 is 2.56 bits per heavy atom. The number of benzene rings is 2. The summed E-state index contributed by atoms with van der Waals surface area (Å²) < 4.78 is 17.2. The molecule has 0 atom stereocenters. The lowest BCUT2D eigenvalue weighted by Gasteiger charge is -2.11. The molecule has 0 aliphatic heterocycles. The number of Topliss-reactive ketones (excluding diaryl/α,β-unsaturated/α-hetero) is 1. The summed E-state index contributed by atoms with van der Waals surface area (Å²) >= 11 is 2.63. The molecule has 198 valence electrons. The average molecular weight is 558 g/mol. The van der Waals surface area contributed by atoms with E-state index in [1.807, 2.05) is 43.5 Å². The Morgan fingerprint density at radius 2 is 1.85 bits per heavy atom. The maximum atomic E-state index is 13.6. The summed E-state index contributed by atoms with van der Waals surface area (Å²) in [6, 6.07) is 18.3. The lowest BCUT2D eigenvalue weighted by molar-refractivity contribution is 0.102. The van der Waals surface area contributed by atoms with Crippen molar-refractivity contribution in [1.29, 1.82) is 0 Å². The summed E-state index contributed by atoms with van der Waals surface area (Å²) in [5.41, 5.74) is 5.22. The summed E-state index contributed by atoms with van der Waals surface area (Å²) in [7, 11) is 0. The molecule has 3 aromatic heterocycles. The molecular formula is C31H28FN3O2S2. The van der Waals surface area contributed by atoms with Crippen LogP contribution in [0.2, 0.25) is 0 Å². The number of thioether (sulfide) groups is 1. The van der Waals surface area contributed by atoms with E-state index in [2.05, 4.69) is 23.3 Å². The Morgan fingerprint density at radius 1 is 1.10 bits per heavy atom. The van der Waals surface area contributed by atoms with Gasteiger partial charge in [-0.05, 0) is 49.6 Å². The van der Waals surface area contributed by atoms with Gasteiger partial charge in [-0.15, -0.1) is 17.9 Å². The molecule has 0 bridgehead atoms. The molecular weight excluding hydrogens is 529 g/mol. The molecule has 0 N–H and O–H groups in total. The van der Waals surface area contributed by atoms with Gasteiger partial charge < -0.3 is 4.57 Å². The summed E-state index contributed by atoms with van der Waals surface area (Å²) in [5, 5.41) is 2.84. The van der Waals surface area contributed by atoms with Gasteiger partial charge in [-0.3, -0.25) is 14.2 Å². The lowest BCUT2D eigenvalue weighted by Crippen LogP contribution is -2.23. The molecule has 2 aromatic carbocycles. The van der Waals surface area contributed by atoms with Gasteiger partial charge in [0, 0.05) is 41.0 Å². The second kappa shape index (κ2) is 11.6. The van der Waals surface area contributed by atoms with Gasteiger partial charge in [0.1, 0.15) is 10.6 Å². The first-order valence-electron chi connectivity index (χ1n) is 12.6. The second-order valence-corrected chi connectivity index (χ2v) is 11.1. The fourth-order valence-electron chi connectivity index (χ4n) is 4.77. The molecule has 39 heavy (non-hydrogen) atoms. The second-order valence-electron chi connectivity index (χ2n) is 9.32. The van der Waals surface area contributed by atoms with E-state index < -0.39 is 0 Å². The Kier molecular flexibility index (Phi) is 7.95. The fraction of sp³-hybridized carbons (Fsp3) is 0.194. The summed E-state index contributed by atoms with van der Waals surface area (Å²) in [6.07, 6.45) is 2.53. The quantitative estimate of drug-likeness (QED) is 0.0797. The molecule has 0 aliphatic rings. The van der Waals surface area contributed by atoms with Crippen LogP contribution in [-0.2, 0) is 19.5 Å². The number of aromatic nitrogens is 3. The number of carbonyl (C=O) groups excluding carboxylic acids is 1. The van der Waals surface area contributed by atoms with E-state index in [1.165, 1.54) is 40.8 Å². The normalized spacial score (nSPS) is 11.3. The van der Waals surface area contributed by atoms with Crippen LogP contribution in [0.25, 0.3) is 21.3 Å². The molecule has 8 heteroatoms. The van der Waals surface area contributed by atoms with Crippen LogP contribution in [0.4, 0.5) is 4.39 Å². The molecule has 5 nitrogen and oxygen atoms in total. The van der Waals surface area contributed by atoms with Crippen LogP contribution in [0.15, 0.2) is 88.6 Å². The SMILES string of the molecule is C=CCn1c(SCC(=O)c2cc(C)n(CCc3ccccc3)c2C)nc2scc(-c3ccc(F)cc3)c2c1=O. The van der Waals surface area contributed by atoms with E-state index in [9.17, 15) is 14.0 Å². The topological polar surface area (TPSA) is 56.9 Å². The van der Waals surface area contributed by atoms with Crippen molar-refractivity contribution in [2.45, 2.75) is 38.5 Å². The van der Waals surface area contributed by atoms with Crippen LogP contribution in [0, 0.1) is 19.7 Å². The van der Waals surface area contributed by atoms with Crippen LogP contribution in [-0.4, -0.2) is 25.7 Å². The van der Waals surface area contributed by atoms with Gasteiger partial charge in [0.15, 0.2) is 10.9 Å². The van der Waals surface area contributed by atoms with Gasteiger partial charge in [0.05, 0.1) is 11.1 Å². The van der Waals surface area contributed by atoms with Crippen molar-refractivity contribution in [3.05, 3.63) is 117 Å². The third-order valence-corrected chi connectivity index (χ3v) is 8.65. The standard InChI is InChI=1S/C31H28FN3O2S2/c1-4-15-35-30(37)28-26(23-10-12-24(32)13-11-23)18-38-29(28)33-31(35)39-19-27(36)25-17-20(2)34(21(25)3)16-14-22-8-6-5-7-9-22/h4-13,17-18H,1,14-16,19H2,2-3H3. The number of nitrogens with zero attached hydrogens (tertiary/aromatic N) is 3. The maximum Gasteiger partial charge on any atom is 0.263 e. The van der Waals surface area contributed by atoms with Gasteiger partial charge >= 0.3 is 0 Å². The minimum absolute atomic E-state index is 0.00302. The number of allylic oxidation sites excluding steroid dienone is 1. The first-order chi connectivity index (χ1) is 18.9. The minimum Gasteiger partial charge on any atom is -0.348 e. The number of halogens is 1. The van der Waals surface area contributed by atoms with Crippen LogP contribution in [0.3, 0.4) is 0 Å². The highest BCUT2D eigenvalue weighted by molar-refractivity contribution is 7.99. The van der Waals surface area contributed by atoms with Crippen LogP contribution in [0.1, 0.15) is 27.3 Å². The predicted octanol–water partition coefficient (Wildman–Crippen LogP) is 7.09. The monoisotopic (exact) mass is 557 g/mol. The summed E-state index contributed by atoms with van der Waals surface area (Å²) in [6.45, 7) is 8.87. The number of fused-ring (bicyclic) bond motifs is 1. The number of rotatable bonds is 10. The molecule has 0 saturated carbocycles. The molecule has 0 unspecified atom stereocenters. The van der Waals surface area contributed by atoms with Gasteiger partial charge in [-0.2, -0.15) is 0 Å². The van der Waals surface area contributed by atoms with Gasteiger partial charge in [-0.25, -0.2) is 9.37 Å². The third kappa shape index (κ3) is 5.53. The van der Waals surface area contributed by atoms with Crippen molar-refractivity contribution in [3.63, 3.8) is 0 Å². The maximum absolute atomic E-state index is 13.6. The molecule has 0 spiro atoms. The smallest absolute Gasteiger partial charge is 0.263 e. The number of carbonyl (C=O) groups is 1.